The number of carbonyl (C=O) groups excluding carboxylic acids is 1. The van der Waals surface area contributed by atoms with Crippen LogP contribution in [0.2, 0.25) is 5.02 Å². The number of ether oxygens (including phenoxy) is 1. The first kappa shape index (κ1) is 18.6. The fourth-order valence-electron chi connectivity index (χ4n) is 2.79. The number of halogens is 3. The number of carbonyl (C=O) groups is 1. The summed E-state index contributed by atoms with van der Waals surface area (Å²) in [5, 5.41) is 13.5. The summed E-state index contributed by atoms with van der Waals surface area (Å²) in [5.74, 6) is -0.755. The number of nitrogen functional groups attached to an aromatic ring is 1. The molecule has 0 aliphatic rings. The van der Waals surface area contributed by atoms with Gasteiger partial charge in [0.25, 0.3) is 5.91 Å². The second kappa shape index (κ2) is 7.36. The average molecular weight is 420 g/mol. The molecule has 9 nitrogen and oxygen atoms in total. The number of nitrogens with two attached hydrogens (primary N) is 1. The predicted molar refractivity (Wildman–Crippen MR) is 101 cm³/mol. The third-order valence-corrected chi connectivity index (χ3v) is 4.20. The highest BCUT2D eigenvalue weighted by molar-refractivity contribution is 6.31. The van der Waals surface area contributed by atoms with Gasteiger partial charge in [0.1, 0.15) is 11.3 Å². The molecule has 0 saturated heterocycles. The van der Waals surface area contributed by atoms with Gasteiger partial charge in [0.15, 0.2) is 11.5 Å². The van der Waals surface area contributed by atoms with Gasteiger partial charge in [-0.3, -0.25) is 9.89 Å². The molecule has 0 fully saturated rings. The first-order valence-corrected chi connectivity index (χ1v) is 8.50. The van der Waals surface area contributed by atoms with E-state index in [1.54, 1.807) is 12.3 Å². The first-order valence-electron chi connectivity index (χ1n) is 8.12. The van der Waals surface area contributed by atoms with Gasteiger partial charge in [-0.2, -0.15) is 13.9 Å². The topological polar surface area (TPSA) is 123 Å². The third-order valence-electron chi connectivity index (χ3n) is 3.96. The third kappa shape index (κ3) is 3.55. The molecule has 12 heteroatoms. The number of rotatable bonds is 5. The number of nitrogens with one attached hydrogen (secondary N) is 2. The number of H-pyrrole nitrogens is 1. The highest BCUT2D eigenvalue weighted by Gasteiger charge is 2.22. The maximum Gasteiger partial charge on any atom is 0.387 e. The minimum absolute atomic E-state index is 0.0178. The Labute approximate surface area is 166 Å². The van der Waals surface area contributed by atoms with Crippen molar-refractivity contribution in [3.8, 4) is 17.0 Å². The Morgan fingerprint density at radius 2 is 2.21 bits per heavy atom. The molecule has 3 heterocycles. The lowest BCUT2D eigenvalue weighted by Gasteiger charge is -2.12. The van der Waals surface area contributed by atoms with Crippen LogP contribution in [0.5, 0.6) is 5.75 Å². The van der Waals surface area contributed by atoms with Crippen molar-refractivity contribution >= 4 is 34.7 Å². The molecular weight excluding hydrogens is 408 g/mol. The van der Waals surface area contributed by atoms with E-state index in [0.29, 0.717) is 0 Å². The van der Waals surface area contributed by atoms with E-state index in [4.69, 9.17) is 17.3 Å². The first-order chi connectivity index (χ1) is 13.9. The maximum absolute atomic E-state index is 12.8. The molecule has 0 saturated carbocycles. The van der Waals surface area contributed by atoms with Gasteiger partial charge in [0.05, 0.1) is 17.6 Å². The average Bonchev–Trinajstić information content (AvgIpc) is 3.25. The van der Waals surface area contributed by atoms with Crippen LogP contribution >= 0.6 is 11.6 Å². The summed E-state index contributed by atoms with van der Waals surface area (Å²) in [7, 11) is 0. The molecule has 29 heavy (non-hydrogen) atoms. The standard InChI is InChI=1S/C17H12ClF2N7O2/c18-8-2-3-11(29-17(19)20)9(6-8)13-10(7-23-25-13)24-16(28)12-14(21)26-27-5-1-4-22-15(12)27/h1-7,17H,(H2,21,26)(H,23,25)(H,24,28). The van der Waals surface area contributed by atoms with Crippen LogP contribution in [0.15, 0.2) is 42.9 Å². The van der Waals surface area contributed by atoms with Crippen LogP contribution < -0.4 is 15.8 Å². The van der Waals surface area contributed by atoms with E-state index in [9.17, 15) is 13.6 Å². The molecule has 0 aliphatic heterocycles. The van der Waals surface area contributed by atoms with Crippen LogP contribution in [0.25, 0.3) is 16.9 Å². The second-order valence-electron chi connectivity index (χ2n) is 5.78. The Morgan fingerprint density at radius 3 is 3.00 bits per heavy atom. The van der Waals surface area contributed by atoms with Crippen molar-refractivity contribution in [3.05, 3.63) is 53.4 Å². The van der Waals surface area contributed by atoms with Crippen molar-refractivity contribution < 1.29 is 18.3 Å². The number of amides is 1. The van der Waals surface area contributed by atoms with E-state index in [1.165, 1.54) is 35.1 Å². The van der Waals surface area contributed by atoms with E-state index >= 15 is 0 Å². The molecule has 4 rings (SSSR count). The Balaban J connectivity index is 1.71. The van der Waals surface area contributed by atoms with Gasteiger partial charge < -0.3 is 15.8 Å². The van der Waals surface area contributed by atoms with Crippen molar-refractivity contribution in [3.63, 3.8) is 0 Å². The Bertz CT molecular complexity index is 1210. The summed E-state index contributed by atoms with van der Waals surface area (Å²) in [4.78, 5) is 16.9. The van der Waals surface area contributed by atoms with Crippen LogP contribution in [0.4, 0.5) is 20.3 Å². The minimum atomic E-state index is -3.04. The second-order valence-corrected chi connectivity index (χ2v) is 6.22. The van der Waals surface area contributed by atoms with Crippen molar-refractivity contribution in [2.24, 2.45) is 0 Å². The van der Waals surface area contributed by atoms with Gasteiger partial charge in [-0.25, -0.2) is 9.50 Å². The summed E-state index contributed by atoms with van der Waals surface area (Å²) >= 11 is 6.00. The molecule has 1 aromatic carbocycles. The molecule has 0 atom stereocenters. The molecule has 4 N–H and O–H groups in total. The molecule has 0 spiro atoms. The van der Waals surface area contributed by atoms with Crippen molar-refractivity contribution in [2.45, 2.75) is 6.61 Å². The molecule has 4 aromatic rings. The number of aromatic nitrogens is 5. The zero-order valence-corrected chi connectivity index (χ0v) is 15.2. The number of hydrogen-bond acceptors (Lipinski definition) is 6. The van der Waals surface area contributed by atoms with E-state index in [2.05, 4.69) is 30.3 Å². The van der Waals surface area contributed by atoms with Crippen LogP contribution in [0.1, 0.15) is 10.4 Å². The van der Waals surface area contributed by atoms with E-state index < -0.39 is 12.5 Å². The van der Waals surface area contributed by atoms with Gasteiger partial charge in [-0.1, -0.05) is 11.6 Å². The monoisotopic (exact) mass is 419 g/mol. The molecular formula is C17H12ClF2N7O2. The molecule has 0 aliphatic carbocycles. The quantitative estimate of drug-likeness (QED) is 0.456. The van der Waals surface area contributed by atoms with Gasteiger partial charge in [-0.05, 0) is 24.3 Å². The van der Waals surface area contributed by atoms with Crippen molar-refractivity contribution in [1.82, 2.24) is 24.8 Å². The van der Waals surface area contributed by atoms with Crippen LogP contribution in [0, 0.1) is 0 Å². The minimum Gasteiger partial charge on any atom is -0.434 e. The fraction of sp³-hybridized carbons (Fsp3) is 0.0588. The summed E-state index contributed by atoms with van der Waals surface area (Å²) in [6, 6.07) is 5.75. The molecule has 1 amide bonds. The van der Waals surface area contributed by atoms with Gasteiger partial charge in [0.2, 0.25) is 0 Å². The number of anilines is 2. The maximum atomic E-state index is 12.8. The number of alkyl halides is 2. The summed E-state index contributed by atoms with van der Waals surface area (Å²) in [6.07, 6.45) is 4.41. The van der Waals surface area contributed by atoms with Crippen molar-refractivity contribution in [1.29, 1.82) is 0 Å². The molecule has 0 bridgehead atoms. The highest BCUT2D eigenvalue weighted by atomic mass is 35.5. The lowest BCUT2D eigenvalue weighted by molar-refractivity contribution is -0.0494. The lowest BCUT2D eigenvalue weighted by atomic mass is 10.1. The van der Waals surface area contributed by atoms with Gasteiger partial charge >= 0.3 is 6.61 Å². The normalized spacial score (nSPS) is 11.2. The highest BCUT2D eigenvalue weighted by Crippen LogP contribution is 2.36. The van der Waals surface area contributed by atoms with Crippen molar-refractivity contribution in [2.75, 3.05) is 11.1 Å². The fourth-order valence-corrected chi connectivity index (χ4v) is 2.96. The number of benzene rings is 1. The van der Waals surface area contributed by atoms with Gasteiger partial charge in [-0.15, -0.1) is 5.10 Å². The van der Waals surface area contributed by atoms with E-state index in [1.807, 2.05) is 0 Å². The van der Waals surface area contributed by atoms with E-state index in [-0.39, 0.29) is 44.7 Å². The van der Waals surface area contributed by atoms with Gasteiger partial charge in [0, 0.05) is 23.0 Å². The Morgan fingerprint density at radius 1 is 1.38 bits per heavy atom. The predicted octanol–water partition coefficient (Wildman–Crippen LogP) is 3.21. The summed E-state index contributed by atoms with van der Waals surface area (Å²) in [5.41, 5.74) is 6.79. The molecule has 0 radical (unpaired) electrons. The lowest BCUT2D eigenvalue weighted by Crippen LogP contribution is -2.14. The summed E-state index contributed by atoms with van der Waals surface area (Å²) in [6.45, 7) is -3.04. The van der Waals surface area contributed by atoms with Crippen LogP contribution in [0.3, 0.4) is 0 Å². The Hall–Kier alpha value is -3.73. The zero-order valence-electron chi connectivity index (χ0n) is 14.4. The molecule has 148 valence electrons. The molecule has 0 unspecified atom stereocenters. The van der Waals surface area contributed by atoms with Crippen LogP contribution in [-0.4, -0.2) is 37.3 Å². The number of hydrogen-bond donors (Lipinski definition) is 3. The zero-order chi connectivity index (χ0) is 20.5. The largest absolute Gasteiger partial charge is 0.434 e. The van der Waals surface area contributed by atoms with E-state index in [0.717, 1.165) is 0 Å². The number of aromatic amines is 1. The summed E-state index contributed by atoms with van der Waals surface area (Å²) < 4.78 is 31.4. The number of fused-ring (bicyclic) bond motifs is 1. The molecule has 3 aromatic heterocycles. The SMILES string of the molecule is Nc1nn2cccnc2c1C(=O)Nc1cn[nH]c1-c1cc(Cl)ccc1OC(F)F. The smallest absolute Gasteiger partial charge is 0.387 e. The van der Waals surface area contributed by atoms with Crippen LogP contribution in [-0.2, 0) is 0 Å². The Kier molecular flexibility index (Phi) is 4.72. The number of nitrogens with zero attached hydrogens (tertiary/aromatic N) is 4.